The number of hydrogen-bond donors (Lipinski definition) is 0. The van der Waals surface area contributed by atoms with E-state index in [1.54, 1.807) is 7.11 Å². The Morgan fingerprint density at radius 3 is 2.07 bits per heavy atom. The van der Waals surface area contributed by atoms with E-state index in [2.05, 4.69) is 34.6 Å². The maximum absolute atomic E-state index is 5.80. The van der Waals surface area contributed by atoms with Gasteiger partial charge in [-0.25, -0.2) is 0 Å². The van der Waals surface area contributed by atoms with E-state index in [0.717, 1.165) is 18.6 Å². The molecule has 0 N–H and O–H groups in total. The third kappa shape index (κ3) is 5.23. The van der Waals surface area contributed by atoms with E-state index < -0.39 is 0 Å². The molecule has 0 spiro atoms. The van der Waals surface area contributed by atoms with Gasteiger partial charge < -0.3 is 8.92 Å². The number of methoxy groups -OCH3 is 1. The highest BCUT2D eigenvalue weighted by atomic mass is 32.2. The Morgan fingerprint density at radius 1 is 1.14 bits per heavy atom. The fraction of sp³-hybridized carbons (Fsp3) is 1.00. The van der Waals surface area contributed by atoms with E-state index in [-0.39, 0.29) is 11.2 Å². The Labute approximate surface area is 92.9 Å². The van der Waals surface area contributed by atoms with Crippen LogP contribution in [0.4, 0.5) is 0 Å². The van der Waals surface area contributed by atoms with Crippen molar-refractivity contribution in [2.75, 3.05) is 12.9 Å². The quantitative estimate of drug-likeness (QED) is 0.610. The summed E-state index contributed by atoms with van der Waals surface area (Å²) in [5.41, 5.74) is -0.195. The summed E-state index contributed by atoms with van der Waals surface area (Å²) in [7, 11) is 1.75. The van der Waals surface area contributed by atoms with Gasteiger partial charge >= 0.3 is 0 Å². The summed E-state index contributed by atoms with van der Waals surface area (Å²) in [6.45, 7) is 10.6. The molecule has 1 atom stereocenters. The first-order valence-electron chi connectivity index (χ1n) is 5.25. The molecule has 0 bridgehead atoms. The van der Waals surface area contributed by atoms with Gasteiger partial charge in [-0.15, -0.1) is 0 Å². The highest BCUT2D eigenvalue weighted by Gasteiger charge is 2.32. The maximum Gasteiger partial charge on any atom is 0.0825 e. The second-order valence-corrected chi connectivity index (χ2v) is 5.41. The lowest BCUT2D eigenvalue weighted by atomic mass is 9.89. The zero-order valence-corrected chi connectivity index (χ0v) is 11.2. The third-order valence-electron chi connectivity index (χ3n) is 2.48. The van der Waals surface area contributed by atoms with Crippen molar-refractivity contribution in [2.45, 2.75) is 58.7 Å². The van der Waals surface area contributed by atoms with Crippen molar-refractivity contribution in [3.63, 3.8) is 0 Å². The average molecular weight is 220 g/mol. The first-order valence-corrected chi connectivity index (χ1v) is 6.16. The molecule has 86 valence electrons. The van der Waals surface area contributed by atoms with Crippen molar-refractivity contribution in [3.8, 4) is 0 Å². The predicted octanol–water partition coefficient (Wildman–Crippen LogP) is 3.65. The van der Waals surface area contributed by atoms with Crippen LogP contribution in [-0.4, -0.2) is 24.1 Å². The van der Waals surface area contributed by atoms with Gasteiger partial charge in [0, 0.05) is 19.3 Å². The van der Waals surface area contributed by atoms with E-state index in [9.17, 15) is 0 Å². The first kappa shape index (κ1) is 14.3. The lowest BCUT2D eigenvalue weighted by Gasteiger charge is -2.35. The topological polar surface area (TPSA) is 18.5 Å². The SMILES string of the molecule is CCSOC(C)(CC)CC(C)(C)OC. The summed E-state index contributed by atoms with van der Waals surface area (Å²) in [6, 6.07) is 0. The lowest BCUT2D eigenvalue weighted by molar-refractivity contribution is -0.0420. The smallest absolute Gasteiger partial charge is 0.0825 e. The number of ether oxygens (including phenoxy) is 1. The molecule has 0 saturated carbocycles. The van der Waals surface area contributed by atoms with Crippen LogP contribution in [0.15, 0.2) is 0 Å². The zero-order valence-electron chi connectivity index (χ0n) is 10.3. The van der Waals surface area contributed by atoms with Gasteiger partial charge in [0.25, 0.3) is 0 Å². The van der Waals surface area contributed by atoms with Crippen molar-refractivity contribution in [1.29, 1.82) is 0 Å². The second kappa shape index (κ2) is 5.99. The Morgan fingerprint density at radius 2 is 1.71 bits per heavy atom. The summed E-state index contributed by atoms with van der Waals surface area (Å²) in [4.78, 5) is 0. The summed E-state index contributed by atoms with van der Waals surface area (Å²) in [5, 5.41) is 0. The van der Waals surface area contributed by atoms with Crippen molar-refractivity contribution in [1.82, 2.24) is 0 Å². The lowest BCUT2D eigenvalue weighted by Crippen LogP contribution is -2.37. The molecule has 0 radical (unpaired) electrons. The van der Waals surface area contributed by atoms with Gasteiger partial charge in [-0.3, -0.25) is 0 Å². The fourth-order valence-corrected chi connectivity index (χ4v) is 1.97. The monoisotopic (exact) mass is 220 g/mol. The van der Waals surface area contributed by atoms with Crippen LogP contribution in [0.1, 0.15) is 47.5 Å². The van der Waals surface area contributed by atoms with Crippen LogP contribution in [0.5, 0.6) is 0 Å². The van der Waals surface area contributed by atoms with Crippen molar-refractivity contribution in [2.24, 2.45) is 0 Å². The van der Waals surface area contributed by atoms with Crippen LogP contribution in [0.2, 0.25) is 0 Å². The van der Waals surface area contributed by atoms with E-state index in [1.807, 2.05) is 0 Å². The van der Waals surface area contributed by atoms with E-state index in [0.29, 0.717) is 0 Å². The number of rotatable bonds is 7. The highest BCUT2D eigenvalue weighted by molar-refractivity contribution is 7.94. The molecule has 0 aromatic rings. The van der Waals surface area contributed by atoms with Gasteiger partial charge in [0.15, 0.2) is 0 Å². The van der Waals surface area contributed by atoms with Gasteiger partial charge in [-0.1, -0.05) is 13.8 Å². The fourth-order valence-electron chi connectivity index (χ4n) is 1.39. The first-order chi connectivity index (χ1) is 6.39. The number of hydrogen-bond acceptors (Lipinski definition) is 3. The molecule has 0 aliphatic rings. The predicted molar refractivity (Wildman–Crippen MR) is 63.6 cm³/mol. The standard InChI is InChI=1S/C11H24O2S/c1-7-11(5,13-14-8-2)9-10(3,4)12-6/h7-9H2,1-6H3. The van der Waals surface area contributed by atoms with Gasteiger partial charge in [0.05, 0.1) is 11.2 Å². The molecule has 1 unspecified atom stereocenters. The molecule has 3 heteroatoms. The van der Waals surface area contributed by atoms with Crippen LogP contribution in [-0.2, 0) is 8.92 Å². The van der Waals surface area contributed by atoms with Crippen LogP contribution in [0.3, 0.4) is 0 Å². The largest absolute Gasteiger partial charge is 0.379 e. The molecule has 0 fully saturated rings. The second-order valence-electron chi connectivity index (χ2n) is 4.43. The van der Waals surface area contributed by atoms with E-state index in [4.69, 9.17) is 8.92 Å². The van der Waals surface area contributed by atoms with E-state index in [1.165, 1.54) is 12.0 Å². The summed E-state index contributed by atoms with van der Waals surface area (Å²) in [6.07, 6.45) is 1.92. The summed E-state index contributed by atoms with van der Waals surface area (Å²) < 4.78 is 11.2. The van der Waals surface area contributed by atoms with Gasteiger partial charge in [-0.05, 0) is 39.2 Å². The van der Waals surface area contributed by atoms with Gasteiger partial charge in [0.2, 0.25) is 0 Å². The molecular formula is C11H24O2S. The molecular weight excluding hydrogens is 196 g/mol. The van der Waals surface area contributed by atoms with Crippen molar-refractivity contribution >= 4 is 12.0 Å². The summed E-state index contributed by atoms with van der Waals surface area (Å²) in [5.74, 6) is 0.989. The van der Waals surface area contributed by atoms with Gasteiger partial charge in [-0.2, -0.15) is 0 Å². The minimum Gasteiger partial charge on any atom is -0.379 e. The Kier molecular flexibility index (Phi) is 6.10. The minimum atomic E-state index is -0.112. The molecule has 0 rings (SSSR count). The van der Waals surface area contributed by atoms with Crippen LogP contribution in [0, 0.1) is 0 Å². The molecule has 14 heavy (non-hydrogen) atoms. The zero-order chi connectivity index (χ0) is 11.2. The van der Waals surface area contributed by atoms with Crippen molar-refractivity contribution in [3.05, 3.63) is 0 Å². The average Bonchev–Trinajstić information content (AvgIpc) is 2.14. The molecule has 0 aromatic carbocycles. The van der Waals surface area contributed by atoms with Crippen LogP contribution in [0.25, 0.3) is 0 Å². The van der Waals surface area contributed by atoms with Gasteiger partial charge in [0.1, 0.15) is 0 Å². The Hall–Kier alpha value is 0.270. The minimum absolute atomic E-state index is 0.0831. The van der Waals surface area contributed by atoms with Crippen LogP contribution >= 0.6 is 12.0 Å². The highest BCUT2D eigenvalue weighted by Crippen LogP contribution is 2.32. The Bertz CT molecular complexity index is 159. The Balaban J connectivity index is 4.23. The van der Waals surface area contributed by atoms with Crippen LogP contribution < -0.4 is 0 Å². The molecule has 2 nitrogen and oxygen atoms in total. The molecule has 0 aliphatic heterocycles. The molecule has 0 saturated heterocycles. The van der Waals surface area contributed by atoms with E-state index >= 15 is 0 Å². The third-order valence-corrected chi connectivity index (χ3v) is 3.23. The normalized spacial score (nSPS) is 16.7. The van der Waals surface area contributed by atoms with Crippen molar-refractivity contribution < 1.29 is 8.92 Å². The summed E-state index contributed by atoms with van der Waals surface area (Å²) >= 11 is 1.54. The molecule has 0 amide bonds. The molecule has 0 heterocycles. The molecule has 0 aliphatic carbocycles. The maximum atomic E-state index is 5.80. The molecule has 0 aromatic heterocycles.